The maximum Gasteiger partial charge on any atom is 0.274 e. The minimum atomic E-state index is -3.73. The number of anilines is 1. The lowest BCUT2D eigenvalue weighted by Crippen LogP contribution is -2.45. The lowest BCUT2D eigenvalue weighted by molar-refractivity contribution is 0.102. The number of nitrogens with two attached hydrogens (primary N) is 1. The number of nitrogens with zero attached hydrogens (tertiary/aromatic N) is 3. The first-order chi connectivity index (χ1) is 15.6. The van der Waals surface area contributed by atoms with Crippen LogP contribution in [0.1, 0.15) is 42.9 Å². The predicted molar refractivity (Wildman–Crippen MR) is 123 cm³/mol. The molecule has 1 unspecified atom stereocenters. The van der Waals surface area contributed by atoms with Gasteiger partial charge in [-0.05, 0) is 37.3 Å². The molecule has 0 spiro atoms. The third-order valence-electron chi connectivity index (χ3n) is 4.26. The number of sulfonamides is 1. The van der Waals surface area contributed by atoms with Gasteiger partial charge in [-0.25, -0.2) is 31.5 Å². The Morgan fingerprint density at radius 1 is 1.27 bits per heavy atom. The van der Waals surface area contributed by atoms with Gasteiger partial charge >= 0.3 is 0 Å². The molecule has 2 heterocycles. The second-order valence-electron chi connectivity index (χ2n) is 6.38. The van der Waals surface area contributed by atoms with E-state index in [1.54, 1.807) is 7.11 Å². The van der Waals surface area contributed by atoms with E-state index < -0.39 is 39.4 Å². The van der Waals surface area contributed by atoms with Crippen molar-refractivity contribution < 1.29 is 26.7 Å². The number of hydrogen-bond donors (Lipinski definition) is 2. The first kappa shape index (κ1) is 27.9. The van der Waals surface area contributed by atoms with Gasteiger partial charge in [0.05, 0.1) is 18.0 Å². The van der Waals surface area contributed by atoms with E-state index in [1.165, 1.54) is 25.2 Å². The van der Waals surface area contributed by atoms with Crippen LogP contribution < -0.4 is 11.1 Å². The minimum Gasteiger partial charge on any atom is -0.385 e. The van der Waals surface area contributed by atoms with Gasteiger partial charge in [-0.2, -0.15) is 0 Å². The van der Waals surface area contributed by atoms with Gasteiger partial charge in [-0.1, -0.05) is 13.8 Å². The number of carbonyl (C=O) groups is 1. The lowest BCUT2D eigenvalue weighted by Gasteiger charge is -2.27. The number of methoxy groups -OCH3 is 1. The van der Waals surface area contributed by atoms with E-state index in [1.807, 2.05) is 20.8 Å². The fourth-order valence-electron chi connectivity index (χ4n) is 2.47. The molecule has 1 amide bonds. The number of pyridine rings is 1. The SMILES string of the molecule is CC.CCOC.CN1C(N)=NC(c2cc(NC(=O)c3ccc(F)cn3)ccc2F)CS1(=O)=O. The van der Waals surface area contributed by atoms with Crippen LogP contribution in [0.25, 0.3) is 0 Å². The molecule has 182 valence electrons. The highest BCUT2D eigenvalue weighted by Gasteiger charge is 2.32. The van der Waals surface area contributed by atoms with Gasteiger partial charge in [0.1, 0.15) is 17.3 Å². The molecule has 0 fully saturated rings. The molecular weight excluding hydrogens is 456 g/mol. The van der Waals surface area contributed by atoms with Crippen LogP contribution in [0.2, 0.25) is 0 Å². The van der Waals surface area contributed by atoms with E-state index in [9.17, 15) is 22.0 Å². The van der Waals surface area contributed by atoms with Gasteiger partial charge in [0, 0.05) is 32.0 Å². The summed E-state index contributed by atoms with van der Waals surface area (Å²) in [7, 11) is -0.792. The van der Waals surface area contributed by atoms with Gasteiger partial charge in [0.2, 0.25) is 16.0 Å². The molecule has 1 aromatic heterocycles. The normalized spacial score (nSPS) is 16.4. The zero-order valence-electron chi connectivity index (χ0n) is 19.2. The smallest absolute Gasteiger partial charge is 0.274 e. The fourth-order valence-corrected chi connectivity index (χ4v) is 3.68. The first-order valence-electron chi connectivity index (χ1n) is 10.1. The summed E-state index contributed by atoms with van der Waals surface area (Å²) in [5, 5.41) is 2.49. The van der Waals surface area contributed by atoms with E-state index >= 15 is 0 Å². The second-order valence-corrected chi connectivity index (χ2v) is 8.42. The van der Waals surface area contributed by atoms with Crippen molar-refractivity contribution in [2.75, 3.05) is 31.8 Å². The number of guanidine groups is 1. The number of ether oxygens (including phenoxy) is 1. The summed E-state index contributed by atoms with van der Waals surface area (Å²) < 4.78 is 56.7. The number of aromatic nitrogens is 1. The Morgan fingerprint density at radius 2 is 1.91 bits per heavy atom. The molecule has 3 rings (SSSR count). The Hall–Kier alpha value is -3.12. The molecule has 3 N–H and O–H groups in total. The van der Waals surface area contributed by atoms with Crippen molar-refractivity contribution in [1.29, 1.82) is 0 Å². The number of amides is 1. The van der Waals surface area contributed by atoms with Crippen LogP contribution in [-0.2, 0) is 14.8 Å². The number of benzene rings is 1. The van der Waals surface area contributed by atoms with Crippen LogP contribution in [-0.4, -0.2) is 56.1 Å². The summed E-state index contributed by atoms with van der Waals surface area (Å²) in [5.41, 5.74) is 5.74. The van der Waals surface area contributed by atoms with E-state index in [0.29, 0.717) is 0 Å². The topological polar surface area (TPSA) is 127 Å². The maximum atomic E-state index is 14.2. The van der Waals surface area contributed by atoms with Crippen molar-refractivity contribution in [3.63, 3.8) is 0 Å². The fraction of sp³-hybridized carbons (Fsp3) is 0.381. The van der Waals surface area contributed by atoms with Crippen LogP contribution in [0, 0.1) is 11.6 Å². The van der Waals surface area contributed by atoms with Gasteiger partial charge in [-0.15, -0.1) is 0 Å². The highest BCUT2D eigenvalue weighted by molar-refractivity contribution is 7.89. The molecule has 9 nitrogen and oxygen atoms in total. The summed E-state index contributed by atoms with van der Waals surface area (Å²) in [6, 6.07) is 4.89. The summed E-state index contributed by atoms with van der Waals surface area (Å²) >= 11 is 0. The van der Waals surface area contributed by atoms with E-state index in [4.69, 9.17) is 5.73 Å². The number of hydrogen-bond acceptors (Lipinski definition) is 7. The van der Waals surface area contributed by atoms with Crippen molar-refractivity contribution in [2.24, 2.45) is 10.7 Å². The van der Waals surface area contributed by atoms with Gasteiger partial charge in [0.15, 0.2) is 0 Å². The Bertz CT molecular complexity index is 1060. The highest BCUT2D eigenvalue weighted by atomic mass is 32.2. The van der Waals surface area contributed by atoms with Gasteiger partial charge in [-0.3, -0.25) is 4.79 Å². The number of aliphatic imine (C=N–C) groups is 1. The maximum absolute atomic E-state index is 14.2. The van der Waals surface area contributed by atoms with Crippen molar-refractivity contribution in [3.05, 3.63) is 59.4 Å². The number of rotatable bonds is 4. The van der Waals surface area contributed by atoms with Crippen molar-refractivity contribution in [2.45, 2.75) is 26.8 Å². The van der Waals surface area contributed by atoms with E-state index in [0.717, 1.165) is 29.2 Å². The molecule has 1 aliphatic rings. The molecule has 1 atom stereocenters. The van der Waals surface area contributed by atoms with Crippen molar-refractivity contribution >= 4 is 27.6 Å². The van der Waals surface area contributed by atoms with Crippen LogP contribution >= 0.6 is 0 Å². The molecule has 0 saturated heterocycles. The lowest BCUT2D eigenvalue weighted by atomic mass is 10.1. The Morgan fingerprint density at radius 3 is 2.42 bits per heavy atom. The molecule has 12 heteroatoms. The Labute approximate surface area is 192 Å². The number of halogens is 2. The monoisotopic (exact) mass is 485 g/mol. The standard InChI is InChI=1S/C16H15F2N5O3S.C3H8O.C2H6/c1-23-16(19)22-14(8-27(23,25)26)11-6-10(3-4-12(11)18)21-15(24)13-5-2-9(17)7-20-13;1-3-4-2;1-2/h2-7,14H,8H2,1H3,(H2,19,22)(H,21,24);3H2,1-2H3;1-2H3. The summed E-state index contributed by atoms with van der Waals surface area (Å²) in [6.45, 7) is 6.78. The largest absolute Gasteiger partial charge is 0.385 e. The Kier molecular flexibility index (Phi) is 10.8. The van der Waals surface area contributed by atoms with E-state index in [-0.39, 0.29) is 22.9 Å². The first-order valence-corrected chi connectivity index (χ1v) is 11.7. The minimum absolute atomic E-state index is 0.0282. The van der Waals surface area contributed by atoms with Gasteiger partial charge < -0.3 is 15.8 Å². The second kappa shape index (κ2) is 12.8. The zero-order chi connectivity index (χ0) is 25.2. The van der Waals surface area contributed by atoms with E-state index in [2.05, 4.69) is 20.0 Å². The predicted octanol–water partition coefficient (Wildman–Crippen LogP) is 2.92. The molecule has 0 aliphatic carbocycles. The molecule has 0 bridgehead atoms. The molecule has 0 radical (unpaired) electrons. The van der Waals surface area contributed by atoms with Gasteiger partial charge in [0.25, 0.3) is 5.91 Å². The third-order valence-corrected chi connectivity index (χ3v) is 6.02. The Balaban J connectivity index is 0.000000820. The average molecular weight is 486 g/mol. The zero-order valence-corrected chi connectivity index (χ0v) is 20.0. The molecule has 0 saturated carbocycles. The highest BCUT2D eigenvalue weighted by Crippen LogP contribution is 2.29. The molecule has 1 aromatic carbocycles. The summed E-state index contributed by atoms with van der Waals surface area (Å²) in [5.74, 6) is -2.62. The van der Waals surface area contributed by atoms with Crippen molar-refractivity contribution in [3.8, 4) is 0 Å². The third kappa shape index (κ3) is 7.75. The molecule has 1 aliphatic heterocycles. The van der Waals surface area contributed by atoms with Crippen LogP contribution in [0.15, 0.2) is 41.5 Å². The number of carbonyl (C=O) groups excluding carboxylic acids is 1. The quantitative estimate of drug-likeness (QED) is 0.686. The molecule has 33 heavy (non-hydrogen) atoms. The molecule has 2 aromatic rings. The molecular formula is C21H29F2N5O4S. The number of nitrogens with one attached hydrogen (secondary N) is 1. The van der Waals surface area contributed by atoms with Crippen LogP contribution in [0.5, 0.6) is 0 Å². The van der Waals surface area contributed by atoms with Crippen LogP contribution in [0.3, 0.4) is 0 Å². The summed E-state index contributed by atoms with van der Waals surface area (Å²) in [6.07, 6.45) is 0.895. The summed E-state index contributed by atoms with van der Waals surface area (Å²) in [4.78, 5) is 19.8. The average Bonchev–Trinajstić information content (AvgIpc) is 2.80. The van der Waals surface area contributed by atoms with Crippen molar-refractivity contribution in [1.82, 2.24) is 9.29 Å². The van der Waals surface area contributed by atoms with Crippen LogP contribution in [0.4, 0.5) is 14.5 Å².